The molecule has 648 valence electrons. The number of carbonyl (C=O) groups is 4. The lowest BCUT2D eigenvalue weighted by Crippen LogP contribution is -2.51. The molecular weight excluding hydrogens is 1480 g/mol. The molecule has 116 heavy (non-hydrogen) atoms. The topological polar surface area (TPSA) is 318 Å². The van der Waals surface area contributed by atoms with Crippen molar-refractivity contribution in [3.63, 3.8) is 0 Å². The largest absolute Gasteiger partial charge is 0.480 e. The minimum Gasteiger partial charge on any atom is -0.480 e. The maximum Gasteiger partial charge on any atom is 0.415 e. The highest BCUT2D eigenvalue weighted by molar-refractivity contribution is 5.75. The quantitative estimate of drug-likeness (QED) is 0.0405. The number of nitro benzene ring substituents is 1. The number of hydrogen-bond acceptors (Lipinski definition) is 22. The summed E-state index contributed by atoms with van der Waals surface area (Å²) in [5.74, 6) is 2.82. The van der Waals surface area contributed by atoms with Crippen LogP contribution < -0.4 is 19.9 Å². The first-order chi connectivity index (χ1) is 56.3. The van der Waals surface area contributed by atoms with Crippen LogP contribution in [0.25, 0.3) is 0 Å². The monoisotopic (exact) mass is 1620 g/mol. The van der Waals surface area contributed by atoms with Gasteiger partial charge in [0.15, 0.2) is 0 Å². The van der Waals surface area contributed by atoms with E-state index in [1.165, 1.54) is 87.3 Å². The van der Waals surface area contributed by atoms with Gasteiger partial charge in [0.25, 0.3) is 5.69 Å². The van der Waals surface area contributed by atoms with Crippen molar-refractivity contribution >= 4 is 41.2 Å². The molecule has 29 heteroatoms. The molecule has 5 N–H and O–H groups in total. The molecule has 10 fully saturated rings. The maximum absolute atomic E-state index is 13.0. The van der Waals surface area contributed by atoms with Crippen molar-refractivity contribution in [2.75, 3.05) is 221 Å². The van der Waals surface area contributed by atoms with Crippen molar-refractivity contribution in [3.05, 3.63) is 114 Å². The van der Waals surface area contributed by atoms with Crippen LogP contribution in [0.5, 0.6) is 5.75 Å². The summed E-state index contributed by atoms with van der Waals surface area (Å²) in [5, 5.41) is 48.4. The maximum atomic E-state index is 13.0. The van der Waals surface area contributed by atoms with Gasteiger partial charge in [0.1, 0.15) is 12.4 Å². The number of urea groups is 2. The Labute approximate surface area is 690 Å². The number of aliphatic hydroxyl groups excluding tert-OH is 3. The van der Waals surface area contributed by atoms with E-state index >= 15 is 0 Å². The van der Waals surface area contributed by atoms with E-state index in [0.717, 1.165) is 226 Å². The van der Waals surface area contributed by atoms with E-state index in [4.69, 9.17) is 44.1 Å². The Morgan fingerprint density at radius 3 is 1.13 bits per heavy atom. The number of benzene rings is 1. The van der Waals surface area contributed by atoms with Crippen molar-refractivity contribution in [1.29, 1.82) is 0 Å². The van der Waals surface area contributed by atoms with Crippen LogP contribution in [0.4, 0.5) is 31.4 Å². The van der Waals surface area contributed by atoms with Crippen molar-refractivity contribution in [2.45, 2.75) is 143 Å². The number of likely N-dealkylation sites (tertiary alicyclic amines) is 7. The summed E-state index contributed by atoms with van der Waals surface area (Å²) in [5.41, 5.74) is 4.10. The zero-order chi connectivity index (χ0) is 82.8. The number of aliphatic carboxylic acids is 1. The highest BCUT2D eigenvalue weighted by atomic mass is 16.6. The molecular formula is C87H140N14O15. The number of pyridine rings is 3. The van der Waals surface area contributed by atoms with Gasteiger partial charge in [0.05, 0.1) is 18.1 Å². The van der Waals surface area contributed by atoms with Gasteiger partial charge in [0, 0.05) is 205 Å². The third-order valence-electron chi connectivity index (χ3n) is 24.9. The summed E-state index contributed by atoms with van der Waals surface area (Å²) >= 11 is 0. The number of hydrogen-bond donors (Lipinski definition) is 5. The van der Waals surface area contributed by atoms with E-state index in [1.54, 1.807) is 29.4 Å². The number of amides is 5. The Kier molecular flexibility index (Phi) is 42.0. The molecule has 10 aliphatic heterocycles. The minimum atomic E-state index is -0.934. The number of rotatable bonds is 20. The first kappa shape index (κ1) is 94.0. The summed E-state index contributed by atoms with van der Waals surface area (Å²) < 4.78 is 26.8. The average Bonchev–Trinajstić information content (AvgIpc) is 1.64. The zero-order valence-electron chi connectivity index (χ0n) is 70.4. The van der Waals surface area contributed by atoms with Crippen LogP contribution in [-0.4, -0.2) is 310 Å². The highest BCUT2D eigenvalue weighted by Crippen LogP contribution is 2.44. The second-order valence-corrected chi connectivity index (χ2v) is 33.2. The molecule has 5 amide bonds. The lowest BCUT2D eigenvalue weighted by atomic mass is 9.78. The van der Waals surface area contributed by atoms with Crippen molar-refractivity contribution in [1.82, 2.24) is 54.6 Å². The number of anilines is 2. The predicted molar refractivity (Wildman–Crippen MR) is 450 cm³/mol. The van der Waals surface area contributed by atoms with E-state index in [-0.39, 0.29) is 31.0 Å². The first-order valence-corrected chi connectivity index (χ1v) is 43.3. The molecule has 0 atom stereocenters. The van der Waals surface area contributed by atoms with Crippen LogP contribution in [0.3, 0.4) is 0 Å². The predicted octanol–water partition coefficient (Wildman–Crippen LogP) is 10.6. The summed E-state index contributed by atoms with van der Waals surface area (Å²) in [7, 11) is 4.32. The van der Waals surface area contributed by atoms with Gasteiger partial charge in [-0.25, -0.2) is 19.2 Å². The van der Waals surface area contributed by atoms with E-state index < -0.39 is 17.0 Å². The Hall–Kier alpha value is -7.45. The van der Waals surface area contributed by atoms with Gasteiger partial charge in [-0.05, 0) is 290 Å². The van der Waals surface area contributed by atoms with Crippen LogP contribution in [-0.2, 0) is 30.3 Å². The smallest absolute Gasteiger partial charge is 0.415 e. The summed E-state index contributed by atoms with van der Waals surface area (Å²) in [6.45, 7) is 31.5. The summed E-state index contributed by atoms with van der Waals surface area (Å²) in [6, 6.07) is 17.8. The molecule has 10 saturated heterocycles. The third-order valence-corrected chi connectivity index (χ3v) is 24.9. The SMILES string of the molecule is CCOCC1CCN(C(=O)N2CCC3(CC2)CCN(c2ccncc2)C3)CC1.CCOCC1CCN(C(=O)Oc2ccc([N+](=O)[O-])cc2)CC1.CCOCC1CCN(C)CC1.CN1CCC(CO)CC1.O=C(O)COCC1CCN(C(=O)N2CCC3(CC2)CCN(c2ccncc2)C3)CC1.OCC1CCNCC1.OCc1ccncc1. The van der Waals surface area contributed by atoms with Gasteiger partial charge in [-0.15, -0.1) is 0 Å². The second kappa shape index (κ2) is 51.8. The van der Waals surface area contributed by atoms with E-state index in [1.807, 2.05) is 48.4 Å². The molecule has 2 spiro atoms. The fourth-order valence-electron chi connectivity index (χ4n) is 16.8. The van der Waals surface area contributed by atoms with Gasteiger partial charge in [0.2, 0.25) is 0 Å². The molecule has 10 aliphatic rings. The zero-order valence-corrected chi connectivity index (χ0v) is 70.4. The van der Waals surface area contributed by atoms with Crippen LogP contribution in [0, 0.1) is 56.5 Å². The van der Waals surface area contributed by atoms with Crippen LogP contribution in [0.2, 0.25) is 0 Å². The fraction of sp³-hybridized carbons (Fsp3) is 0.713. The number of piperidine rings is 8. The number of carbonyl (C=O) groups excluding carboxylic acids is 3. The lowest BCUT2D eigenvalue weighted by molar-refractivity contribution is -0.384. The Morgan fingerprint density at radius 1 is 0.448 bits per heavy atom. The molecule has 13 heterocycles. The first-order valence-electron chi connectivity index (χ1n) is 43.3. The highest BCUT2D eigenvalue weighted by Gasteiger charge is 2.44. The number of nitro groups is 1. The lowest BCUT2D eigenvalue weighted by Gasteiger charge is -2.42. The van der Waals surface area contributed by atoms with Crippen LogP contribution in [0.15, 0.2) is 97.8 Å². The number of non-ortho nitro benzene ring substituents is 1. The minimum absolute atomic E-state index is 0.0310. The normalized spacial score (nSPS) is 20.4. The number of aliphatic hydroxyl groups is 3. The van der Waals surface area contributed by atoms with Crippen molar-refractivity contribution < 1.29 is 68.2 Å². The molecule has 4 aromatic rings. The molecule has 14 rings (SSSR count). The third kappa shape index (κ3) is 32.7. The van der Waals surface area contributed by atoms with Crippen LogP contribution >= 0.6 is 0 Å². The Balaban J connectivity index is 0.000000180. The number of aromatic nitrogens is 3. The van der Waals surface area contributed by atoms with Gasteiger partial charge >= 0.3 is 24.1 Å². The van der Waals surface area contributed by atoms with E-state index in [9.17, 15) is 29.3 Å². The number of nitrogens with zero attached hydrogens (tertiary/aromatic N) is 13. The number of nitrogens with one attached hydrogen (secondary N) is 1. The van der Waals surface area contributed by atoms with Gasteiger partial charge < -0.3 is 93.5 Å². The second-order valence-electron chi connectivity index (χ2n) is 33.2. The molecule has 0 aliphatic carbocycles. The standard InChI is InChI=1S/C22H32N4O4.C22H34N4O2.C15H20N2O5.C9H19NO.C7H15NO.C6H13NO.C6H7NO/c27-20(28)16-30-15-18-3-10-24(11-4-18)21(29)25-12-5-22(6-13-25)7-14-26(17-22)19-1-8-23-9-2-19;1-2-28-17-19-5-12-24(13-6-19)21(27)25-14-7-22(8-15-25)9-16-26(18-22)20-3-10-23-11-4-20;1-2-21-11-12-7-9-16(10-8-12)15(18)22-14-5-3-13(4-6-14)17(19)20;1-3-11-8-9-4-6-10(2)7-5-9;1-8-4-2-7(6-9)3-5-8;2*8-5-6-1-3-7-4-2-6/h1-2,8-9,18H,3-7,10-17H2,(H,27,28);3-4,10-11,19H,2,5-9,12-18H2,1H3;3-6,12H,2,7-11H2,1H3;9H,3-8H2,1-2H3;7,9H,2-6H2,1H3;6-8H,1-5H2;1-4,8H,5H2. The number of carboxylic acids is 1. The van der Waals surface area contributed by atoms with Crippen molar-refractivity contribution in [2.24, 2.45) is 46.3 Å². The molecule has 1 aromatic carbocycles. The molecule has 0 bridgehead atoms. The van der Waals surface area contributed by atoms with Crippen LogP contribution in [0.1, 0.15) is 142 Å². The van der Waals surface area contributed by atoms with Gasteiger partial charge in [-0.2, -0.15) is 0 Å². The average molecular weight is 1620 g/mol. The molecule has 0 unspecified atom stereocenters. The number of carboxylic acid groups (broad SMARTS) is 1. The Morgan fingerprint density at radius 2 is 0.784 bits per heavy atom. The molecule has 3 aromatic heterocycles. The van der Waals surface area contributed by atoms with E-state index in [0.29, 0.717) is 85.7 Å². The molecule has 0 radical (unpaired) electrons. The van der Waals surface area contributed by atoms with Crippen molar-refractivity contribution in [3.8, 4) is 5.75 Å². The summed E-state index contributed by atoms with van der Waals surface area (Å²) in [6.07, 6.45) is 30.2. The fourth-order valence-corrected chi connectivity index (χ4v) is 16.8. The molecule has 0 saturated carbocycles. The van der Waals surface area contributed by atoms with E-state index in [2.05, 4.69) is 95.0 Å². The Bertz CT molecular complexity index is 3340. The summed E-state index contributed by atoms with van der Waals surface area (Å²) in [4.78, 5) is 90.1. The van der Waals surface area contributed by atoms with Gasteiger partial charge in [-0.1, -0.05) is 0 Å². The number of ether oxygens (including phenoxy) is 5. The van der Waals surface area contributed by atoms with Gasteiger partial charge in [-0.3, -0.25) is 25.1 Å². The molecule has 29 nitrogen and oxygen atoms in total.